The number of hydrogen-bond acceptors (Lipinski definition) is 13. The zero-order chi connectivity index (χ0) is 58.0. The fourth-order valence-corrected chi connectivity index (χ4v) is 9.07. The first-order valence-electron chi connectivity index (χ1n) is 27.2. The third kappa shape index (κ3) is 20.4. The molecule has 0 aliphatic carbocycles. The summed E-state index contributed by atoms with van der Waals surface area (Å²) < 4.78 is 0. The van der Waals surface area contributed by atoms with Gasteiger partial charge in [-0.05, 0) is 86.7 Å². The summed E-state index contributed by atoms with van der Waals surface area (Å²) >= 11 is 0. The van der Waals surface area contributed by atoms with E-state index in [2.05, 4.69) is 57.8 Å². The van der Waals surface area contributed by atoms with Gasteiger partial charge in [0.15, 0.2) is 5.96 Å². The minimum absolute atomic E-state index is 0.0536. The van der Waals surface area contributed by atoms with Crippen molar-refractivity contribution >= 4 is 70.0 Å². The lowest BCUT2D eigenvalue weighted by Gasteiger charge is -2.28. The number of nitrogens with two attached hydrogens (primary N) is 4. The van der Waals surface area contributed by atoms with Crippen LogP contribution in [-0.4, -0.2) is 137 Å². The maximum absolute atomic E-state index is 14.8. The maximum atomic E-state index is 14.8. The van der Waals surface area contributed by atoms with Crippen LogP contribution in [0.1, 0.15) is 94.2 Å². The molecule has 1 saturated heterocycles. The number of H-pyrrole nitrogens is 1. The van der Waals surface area contributed by atoms with E-state index >= 15 is 0 Å². The number of fused-ring (bicyclic) bond motifs is 1. The number of carbonyl (C=O) groups excluding carboxylic acids is 9. The number of guanidine groups is 1. The van der Waals surface area contributed by atoms with Gasteiger partial charge < -0.3 is 75.8 Å². The van der Waals surface area contributed by atoms with Crippen LogP contribution in [0.4, 0.5) is 0 Å². The topological polar surface area (TPSA) is 419 Å². The van der Waals surface area contributed by atoms with Crippen LogP contribution >= 0.6 is 0 Å². The number of hydrogen-bond donors (Lipinski definition) is 15. The number of amides is 9. The fraction of sp³-hybridized carbons (Fsp3) is 0.473. The quantitative estimate of drug-likeness (QED) is 0.0278. The molecule has 0 bridgehead atoms. The highest BCUT2D eigenvalue weighted by atomic mass is 16.2. The zero-order valence-corrected chi connectivity index (χ0v) is 45.2. The van der Waals surface area contributed by atoms with Gasteiger partial charge in [-0.2, -0.15) is 0 Å². The highest BCUT2D eigenvalue weighted by Gasteiger charge is 2.35. The second-order valence-corrected chi connectivity index (χ2v) is 19.8. The first kappa shape index (κ1) is 62.4. The molecule has 5 rings (SSSR count). The number of para-hydroxylation sites is 1. The summed E-state index contributed by atoms with van der Waals surface area (Å²) in [7, 11) is 0. The van der Waals surface area contributed by atoms with Crippen LogP contribution in [0.3, 0.4) is 0 Å². The summed E-state index contributed by atoms with van der Waals surface area (Å²) in [4.78, 5) is 134. The summed E-state index contributed by atoms with van der Waals surface area (Å²) in [5, 5.41) is 33.1. The van der Waals surface area contributed by atoms with Crippen molar-refractivity contribution in [2.24, 2.45) is 22.9 Å². The molecule has 80 heavy (non-hydrogen) atoms. The van der Waals surface area contributed by atoms with E-state index in [9.17, 15) is 43.2 Å². The Labute approximate surface area is 464 Å². The van der Waals surface area contributed by atoms with Crippen molar-refractivity contribution < 1.29 is 43.2 Å². The van der Waals surface area contributed by atoms with Gasteiger partial charge in [0, 0.05) is 68.3 Å². The summed E-state index contributed by atoms with van der Waals surface area (Å²) in [6, 6.07) is 9.01. The van der Waals surface area contributed by atoms with Gasteiger partial charge in [-0.25, -0.2) is 0 Å². The van der Waals surface area contributed by atoms with Crippen molar-refractivity contribution in [3.8, 4) is 0 Å². The molecule has 0 radical (unpaired) electrons. The molecule has 25 heteroatoms. The van der Waals surface area contributed by atoms with Crippen LogP contribution in [0.5, 0.6) is 0 Å². The van der Waals surface area contributed by atoms with Gasteiger partial charge in [0.1, 0.15) is 42.3 Å². The monoisotopic (exact) mass is 1110 g/mol. The number of primary amides is 1. The van der Waals surface area contributed by atoms with Crippen LogP contribution in [0, 0.1) is 5.41 Å². The fourth-order valence-electron chi connectivity index (χ4n) is 9.07. The molecule has 1 aliphatic heterocycles. The molecule has 1 aliphatic rings. The van der Waals surface area contributed by atoms with Gasteiger partial charge >= 0.3 is 0 Å². The predicted molar refractivity (Wildman–Crippen MR) is 299 cm³/mol. The third-order valence-electron chi connectivity index (χ3n) is 13.5. The number of rotatable bonds is 20. The first-order chi connectivity index (χ1) is 38.5. The highest BCUT2D eigenvalue weighted by Crippen LogP contribution is 2.20. The number of aromatic nitrogens is 2. The van der Waals surface area contributed by atoms with Gasteiger partial charge in [0.2, 0.25) is 53.2 Å². The number of benzene rings is 2. The third-order valence-corrected chi connectivity index (χ3v) is 13.5. The van der Waals surface area contributed by atoms with Crippen LogP contribution in [0.15, 0.2) is 85.3 Å². The molecule has 2 aromatic heterocycles. The number of nitrogens with zero attached hydrogens (tertiary/aromatic N) is 1. The van der Waals surface area contributed by atoms with E-state index in [0.29, 0.717) is 42.4 Å². The van der Waals surface area contributed by atoms with E-state index in [1.54, 1.807) is 48.7 Å². The Kier molecular flexibility index (Phi) is 25.3. The van der Waals surface area contributed by atoms with Crippen molar-refractivity contribution in [3.63, 3.8) is 0 Å². The SMILES string of the molecule is CCCC[C@H](NC(=O)[C@@H](N)CCN)C(=O)N[C@H]1CCC(=O)NCCCC[C@@H](C(N)=O)NC(=O)[C@H](Cc2c[nH]c3ccccc23)NC(=O)[C@H](CCCNC(=N)N)NC(=O)[C@@H](Cc2ccccc2)NC(=O)[C@H](Cc2cccnc2)NC1=O. The Bertz CT molecular complexity index is 2730. The van der Waals surface area contributed by atoms with Crippen LogP contribution in [0.2, 0.25) is 0 Å². The second-order valence-electron chi connectivity index (χ2n) is 19.8. The molecule has 2 aromatic carbocycles. The molecular formula is C55H78N16O9. The van der Waals surface area contributed by atoms with E-state index in [4.69, 9.17) is 28.3 Å². The van der Waals surface area contributed by atoms with E-state index in [0.717, 1.165) is 10.9 Å². The van der Waals surface area contributed by atoms with E-state index < -0.39 is 101 Å². The first-order valence-corrected chi connectivity index (χ1v) is 27.2. The molecule has 432 valence electrons. The standard InChI is InChI=1S/C55H78N16O9/c1-2-3-17-40(66-48(74)37(57)23-24-56)49(75)68-42-21-22-46(72)62-26-10-9-19-39(47(58)73)65-54(80)45(30-35-32-64-38-18-8-7-16-36(35)38)71-50(76)41(20-12-27-63-55(59)60)67-52(78)43(28-33-13-5-4-6-14-33)70-53(79)44(69-51(42)77)29-34-15-11-25-61-31-34/h4-8,11,13-16,18,25,31-32,37,39-45,64H,2-3,9-10,12,17,19-24,26-30,56-57H2,1H3,(H2,58,73)(H,62,72)(H,65,80)(H,66,74)(H,67,78)(H,68,75)(H,69,77)(H,70,79)(H,71,76)(H4,59,60,63)/t37-,39-,40-,41-,42-,43+,44-,45-/m0/s1. The minimum Gasteiger partial charge on any atom is -0.370 e. The maximum Gasteiger partial charge on any atom is 0.243 e. The molecule has 0 spiro atoms. The van der Waals surface area contributed by atoms with Crippen LogP contribution in [-0.2, 0) is 62.4 Å². The molecule has 1 fully saturated rings. The average Bonchev–Trinajstić information content (AvgIpc) is 3.85. The molecule has 9 amide bonds. The van der Waals surface area contributed by atoms with E-state index in [1.165, 1.54) is 12.4 Å². The molecule has 0 saturated carbocycles. The van der Waals surface area contributed by atoms with E-state index in [1.807, 2.05) is 31.2 Å². The molecule has 19 N–H and O–H groups in total. The minimum atomic E-state index is -1.46. The Morgan fingerprint density at radius 3 is 2.04 bits per heavy atom. The Hall–Kier alpha value is -8.45. The number of aromatic amines is 1. The number of unbranched alkanes of at least 4 members (excludes halogenated alkanes) is 1. The van der Waals surface area contributed by atoms with E-state index in [-0.39, 0.29) is 89.8 Å². The highest BCUT2D eigenvalue weighted by molar-refractivity contribution is 5.98. The molecule has 0 unspecified atom stereocenters. The molecule has 8 atom stereocenters. The van der Waals surface area contributed by atoms with Gasteiger partial charge in [0.05, 0.1) is 6.04 Å². The number of nitrogens with one attached hydrogen (secondary N) is 11. The number of pyridine rings is 1. The lowest BCUT2D eigenvalue weighted by atomic mass is 10.0. The lowest BCUT2D eigenvalue weighted by Crippen LogP contribution is -2.61. The van der Waals surface area contributed by atoms with Crippen molar-refractivity contribution in [3.05, 3.63) is 102 Å². The number of carbonyl (C=O) groups is 9. The molecule has 25 nitrogen and oxygen atoms in total. The second kappa shape index (κ2) is 32.5. The summed E-state index contributed by atoms with van der Waals surface area (Å²) in [6.45, 7) is 2.25. The Morgan fingerprint density at radius 2 is 1.36 bits per heavy atom. The molecular weight excluding hydrogens is 1030 g/mol. The van der Waals surface area contributed by atoms with Crippen LogP contribution < -0.4 is 70.8 Å². The summed E-state index contributed by atoms with van der Waals surface area (Å²) in [5.74, 6) is -7.12. The summed E-state index contributed by atoms with van der Waals surface area (Å²) in [5.41, 5.74) is 25.6. The zero-order valence-electron chi connectivity index (χ0n) is 45.2. The van der Waals surface area contributed by atoms with Gasteiger partial charge in [-0.3, -0.25) is 53.5 Å². The van der Waals surface area contributed by atoms with Gasteiger partial charge in [0.25, 0.3) is 0 Å². The Balaban J connectivity index is 1.55. The normalized spacial score (nSPS) is 21.1. The lowest BCUT2D eigenvalue weighted by molar-refractivity contribution is -0.136. The van der Waals surface area contributed by atoms with Crippen molar-refractivity contribution in [2.45, 2.75) is 145 Å². The summed E-state index contributed by atoms with van der Waals surface area (Å²) in [6.07, 6.45) is 6.11. The molecule has 4 aromatic rings. The van der Waals surface area contributed by atoms with Crippen molar-refractivity contribution in [1.82, 2.24) is 57.8 Å². The smallest absolute Gasteiger partial charge is 0.243 e. The van der Waals surface area contributed by atoms with Gasteiger partial charge in [-0.1, -0.05) is 74.4 Å². The molecule has 3 heterocycles. The average molecular weight is 1110 g/mol. The van der Waals surface area contributed by atoms with Crippen molar-refractivity contribution in [1.29, 1.82) is 5.41 Å². The predicted octanol–water partition coefficient (Wildman–Crippen LogP) is -1.32. The van der Waals surface area contributed by atoms with Crippen molar-refractivity contribution in [2.75, 3.05) is 19.6 Å². The Morgan fingerprint density at radius 1 is 0.725 bits per heavy atom. The van der Waals surface area contributed by atoms with Crippen LogP contribution in [0.25, 0.3) is 10.9 Å². The van der Waals surface area contributed by atoms with Gasteiger partial charge in [-0.15, -0.1) is 0 Å². The largest absolute Gasteiger partial charge is 0.370 e.